The van der Waals surface area contributed by atoms with E-state index >= 15 is 0 Å². The number of ether oxygens (including phenoxy) is 2. The molecule has 13 heteroatoms. The van der Waals surface area contributed by atoms with Crippen LogP contribution in [-0.4, -0.2) is 69.7 Å². The minimum atomic E-state index is -5.08. The van der Waals surface area contributed by atoms with Gasteiger partial charge in [0.1, 0.15) is 12.2 Å². The molecule has 0 amide bonds. The number of nitrogens with two attached hydrogens (primary N) is 1. The Bertz CT molecular complexity index is 1470. The number of halogens is 4. The summed E-state index contributed by atoms with van der Waals surface area (Å²) in [6.45, 7) is 1.03. The molecule has 4 aromatic rings. The highest BCUT2D eigenvalue weighted by Crippen LogP contribution is 2.32. The van der Waals surface area contributed by atoms with Crippen molar-refractivity contribution in [2.24, 2.45) is 5.73 Å². The van der Waals surface area contributed by atoms with Crippen LogP contribution in [0.4, 0.5) is 19.1 Å². The average Bonchev–Trinajstić information content (AvgIpc) is 3.60. The van der Waals surface area contributed by atoms with Crippen LogP contribution >= 0.6 is 11.6 Å². The van der Waals surface area contributed by atoms with Crippen LogP contribution in [0.15, 0.2) is 60.7 Å². The van der Waals surface area contributed by atoms with Crippen LogP contribution in [-0.2, 0) is 14.3 Å². The summed E-state index contributed by atoms with van der Waals surface area (Å²) >= 11 is 6.58. The highest BCUT2D eigenvalue weighted by atomic mass is 35.5. The third-order valence-corrected chi connectivity index (χ3v) is 6.64. The Balaban J connectivity index is 0.000000392. The van der Waals surface area contributed by atoms with Gasteiger partial charge in [0.2, 0.25) is 5.95 Å². The van der Waals surface area contributed by atoms with E-state index in [1.54, 1.807) is 0 Å². The number of H-pyrrole nitrogens is 1. The molecule has 39 heavy (non-hydrogen) atoms. The van der Waals surface area contributed by atoms with E-state index in [1.807, 2.05) is 36.4 Å². The minimum Gasteiger partial charge on any atom is -0.475 e. The normalized spacial score (nSPS) is 22.3. The fraction of sp³-hybridized carbons (Fsp3) is 0.269. The molecule has 9 nitrogen and oxygen atoms in total. The van der Waals surface area contributed by atoms with Gasteiger partial charge in [0, 0.05) is 5.56 Å². The van der Waals surface area contributed by atoms with Crippen LogP contribution in [0.5, 0.6) is 0 Å². The Morgan fingerprint density at radius 1 is 1.00 bits per heavy atom. The van der Waals surface area contributed by atoms with E-state index in [2.05, 4.69) is 39.6 Å². The van der Waals surface area contributed by atoms with Crippen molar-refractivity contribution >= 4 is 34.7 Å². The maximum atomic E-state index is 10.6. The number of aromatic amines is 1. The lowest BCUT2D eigenvalue weighted by Gasteiger charge is -2.16. The maximum absolute atomic E-state index is 10.6. The Labute approximate surface area is 225 Å². The molecule has 2 aromatic carbocycles. The summed E-state index contributed by atoms with van der Waals surface area (Å²) in [7, 11) is 0. The number of aromatic nitrogens is 3. The fourth-order valence-electron chi connectivity index (χ4n) is 4.47. The molecule has 0 radical (unpaired) electrons. The van der Waals surface area contributed by atoms with Crippen molar-refractivity contribution in [3.05, 3.63) is 65.7 Å². The molecule has 2 aliphatic heterocycles. The van der Waals surface area contributed by atoms with Crippen LogP contribution in [0.1, 0.15) is 0 Å². The zero-order chi connectivity index (χ0) is 27.7. The number of hydrogen-bond acceptors (Lipinski definition) is 7. The van der Waals surface area contributed by atoms with Crippen LogP contribution in [0, 0.1) is 0 Å². The lowest BCUT2D eigenvalue weighted by molar-refractivity contribution is -0.192. The van der Waals surface area contributed by atoms with Crippen molar-refractivity contribution in [2.45, 2.75) is 30.5 Å². The van der Waals surface area contributed by atoms with Gasteiger partial charge in [-0.25, -0.2) is 9.78 Å². The van der Waals surface area contributed by atoms with Crippen molar-refractivity contribution in [1.82, 2.24) is 15.0 Å². The number of nitrogens with zero attached hydrogens (tertiary/aromatic N) is 2. The number of carboxylic acid groups (broad SMARTS) is 1. The van der Waals surface area contributed by atoms with Gasteiger partial charge in [-0.3, -0.25) is 0 Å². The number of benzene rings is 2. The number of carbonyl (C=O) groups is 1. The fourth-order valence-corrected chi connectivity index (χ4v) is 4.73. The summed E-state index contributed by atoms with van der Waals surface area (Å²) in [6.07, 6.45) is -5.23. The molecule has 4 heterocycles. The van der Waals surface area contributed by atoms with E-state index in [4.69, 9.17) is 41.7 Å². The first-order valence-electron chi connectivity index (χ1n) is 11.9. The number of alkyl halides is 3. The average molecular weight is 562 g/mol. The predicted molar refractivity (Wildman–Crippen MR) is 138 cm³/mol. The second kappa shape index (κ2) is 10.8. The van der Waals surface area contributed by atoms with Crippen molar-refractivity contribution in [3.63, 3.8) is 0 Å². The third-order valence-electron chi connectivity index (χ3n) is 6.35. The predicted octanol–water partition coefficient (Wildman–Crippen LogP) is 4.48. The van der Waals surface area contributed by atoms with E-state index in [9.17, 15) is 13.2 Å². The number of fused-ring (bicyclic) bond motifs is 2. The molecule has 5 N–H and O–H groups in total. The number of anilines is 1. The topological polar surface area (TPSA) is 135 Å². The molecule has 0 saturated carbocycles. The molecular formula is C26H23ClF3N5O4. The lowest BCUT2D eigenvalue weighted by atomic mass is 10.0. The van der Waals surface area contributed by atoms with Crippen LogP contribution < -0.4 is 11.1 Å². The van der Waals surface area contributed by atoms with E-state index in [-0.39, 0.29) is 24.3 Å². The molecular weight excluding hydrogens is 539 g/mol. The highest BCUT2D eigenvalue weighted by molar-refractivity contribution is 6.33. The number of rotatable bonds is 4. The number of hydrogen-bond donors (Lipinski definition) is 4. The van der Waals surface area contributed by atoms with Gasteiger partial charge in [0.15, 0.2) is 5.65 Å². The van der Waals surface area contributed by atoms with Crippen LogP contribution in [0.3, 0.4) is 0 Å². The summed E-state index contributed by atoms with van der Waals surface area (Å²) in [5, 5.41) is 11.1. The SMILES string of the molecule is N[C@@H]1CO[C@H]2[C@@H]1OC[C@@H]2Nc1nc2nc(-c3ccc(-c4ccccc4)cc3)c(Cl)cc2[nH]1.O=C(O)C(F)(F)F. The molecule has 0 spiro atoms. The number of carboxylic acids is 1. The first-order valence-corrected chi connectivity index (χ1v) is 12.3. The van der Waals surface area contributed by atoms with Crippen molar-refractivity contribution in [2.75, 3.05) is 18.5 Å². The number of imidazole rings is 1. The Kier molecular flexibility index (Phi) is 7.45. The monoisotopic (exact) mass is 561 g/mol. The van der Waals surface area contributed by atoms with Gasteiger partial charge in [0.05, 0.1) is 41.5 Å². The third kappa shape index (κ3) is 5.83. The molecule has 2 fully saturated rings. The van der Waals surface area contributed by atoms with Crippen molar-refractivity contribution in [3.8, 4) is 22.4 Å². The molecule has 0 aliphatic carbocycles. The van der Waals surface area contributed by atoms with Crippen LogP contribution in [0.25, 0.3) is 33.5 Å². The molecule has 4 atom stereocenters. The van der Waals surface area contributed by atoms with Crippen LogP contribution in [0.2, 0.25) is 5.02 Å². The largest absolute Gasteiger partial charge is 0.490 e. The summed E-state index contributed by atoms with van der Waals surface area (Å²) in [5.41, 5.74) is 11.4. The van der Waals surface area contributed by atoms with Gasteiger partial charge in [0.25, 0.3) is 0 Å². The zero-order valence-corrected chi connectivity index (χ0v) is 20.9. The number of nitrogens with one attached hydrogen (secondary N) is 2. The summed E-state index contributed by atoms with van der Waals surface area (Å²) in [4.78, 5) is 21.5. The molecule has 0 unspecified atom stereocenters. The standard InChI is InChI=1S/C24H22ClN5O2.C2HF3O2/c25-16-10-18-23(30-24(27-18)28-19-12-32-21-17(26)11-31-22(19)21)29-20(16)15-8-6-14(7-9-15)13-4-2-1-3-5-13;3-2(4,5)1(6)7/h1-10,17,19,21-22H,11-12,26H2,(H2,27,28,29,30);(H,6,7)/t17-,19+,21-,22-;/m1./s1. The summed E-state index contributed by atoms with van der Waals surface area (Å²) in [6, 6.07) is 20.2. The number of aliphatic carboxylic acids is 1. The van der Waals surface area contributed by atoms with Gasteiger partial charge >= 0.3 is 12.1 Å². The first-order chi connectivity index (χ1) is 18.6. The second-order valence-corrected chi connectivity index (χ2v) is 9.44. The molecule has 2 aromatic heterocycles. The summed E-state index contributed by atoms with van der Waals surface area (Å²) in [5.74, 6) is -2.15. The van der Waals surface area contributed by atoms with E-state index < -0.39 is 12.1 Å². The quantitative estimate of drug-likeness (QED) is 0.286. The Morgan fingerprint density at radius 2 is 1.62 bits per heavy atom. The minimum absolute atomic E-state index is 0.0189. The van der Waals surface area contributed by atoms with Crippen molar-refractivity contribution < 1.29 is 32.5 Å². The molecule has 204 valence electrons. The first kappa shape index (κ1) is 26.9. The maximum Gasteiger partial charge on any atom is 0.490 e. The smallest absolute Gasteiger partial charge is 0.475 e. The van der Waals surface area contributed by atoms with E-state index in [0.29, 0.717) is 35.5 Å². The highest BCUT2D eigenvalue weighted by Gasteiger charge is 2.46. The zero-order valence-electron chi connectivity index (χ0n) is 20.2. The molecule has 2 saturated heterocycles. The molecule has 2 aliphatic rings. The summed E-state index contributed by atoms with van der Waals surface area (Å²) < 4.78 is 43.3. The van der Waals surface area contributed by atoms with E-state index in [0.717, 1.165) is 16.6 Å². The molecule has 6 rings (SSSR count). The lowest BCUT2D eigenvalue weighted by Crippen LogP contribution is -2.38. The molecule has 0 bridgehead atoms. The Hall–Kier alpha value is -3.71. The van der Waals surface area contributed by atoms with Gasteiger partial charge < -0.3 is 30.6 Å². The van der Waals surface area contributed by atoms with E-state index in [1.165, 1.54) is 5.56 Å². The van der Waals surface area contributed by atoms with Gasteiger partial charge in [-0.2, -0.15) is 18.2 Å². The van der Waals surface area contributed by atoms with Crippen molar-refractivity contribution in [1.29, 1.82) is 0 Å². The van der Waals surface area contributed by atoms with Gasteiger partial charge in [-0.1, -0.05) is 66.2 Å². The second-order valence-electron chi connectivity index (χ2n) is 9.03. The number of pyridine rings is 1. The Morgan fingerprint density at radius 3 is 2.28 bits per heavy atom. The van der Waals surface area contributed by atoms with Gasteiger partial charge in [-0.05, 0) is 17.2 Å². The van der Waals surface area contributed by atoms with Gasteiger partial charge in [-0.15, -0.1) is 0 Å².